The number of ether oxygens (including phenoxy) is 1. The molecule has 3 aromatic rings. The van der Waals surface area contributed by atoms with E-state index < -0.39 is 0 Å². The molecule has 0 saturated heterocycles. The van der Waals surface area contributed by atoms with Crippen LogP contribution in [0.5, 0.6) is 5.75 Å². The van der Waals surface area contributed by atoms with Crippen LogP contribution in [0.3, 0.4) is 0 Å². The third kappa shape index (κ3) is 3.34. The Morgan fingerprint density at radius 1 is 0.857 bits per heavy atom. The highest BCUT2D eigenvalue weighted by molar-refractivity contribution is 5.88. The molecule has 1 atom stereocenters. The smallest absolute Gasteiger partial charge is 0.127 e. The Hall–Kier alpha value is -2.48. The molecule has 3 aromatic carbocycles. The van der Waals surface area contributed by atoms with E-state index in [2.05, 4.69) is 42.6 Å². The van der Waals surface area contributed by atoms with Crippen molar-refractivity contribution < 1.29 is 4.74 Å². The Labute approximate surface area is 125 Å². The minimum atomic E-state index is 0.0935. The van der Waals surface area contributed by atoms with Crippen LogP contribution in [0.1, 0.15) is 6.92 Å². The Morgan fingerprint density at radius 2 is 1.57 bits per heavy atom. The van der Waals surface area contributed by atoms with Crippen molar-refractivity contribution in [3.63, 3.8) is 0 Å². The third-order valence-corrected chi connectivity index (χ3v) is 3.45. The van der Waals surface area contributed by atoms with Crippen LogP contribution in [0, 0.1) is 0 Å². The van der Waals surface area contributed by atoms with Gasteiger partial charge in [-0.15, -0.1) is 0 Å². The van der Waals surface area contributed by atoms with Crippen molar-refractivity contribution >= 4 is 16.5 Å². The van der Waals surface area contributed by atoms with Crippen LogP contribution in [0.2, 0.25) is 0 Å². The lowest BCUT2D eigenvalue weighted by atomic mass is 10.1. The summed E-state index contributed by atoms with van der Waals surface area (Å²) in [6.45, 7) is 2.85. The fraction of sp³-hybridized carbons (Fsp3) is 0.158. The molecule has 106 valence electrons. The summed E-state index contributed by atoms with van der Waals surface area (Å²) in [5.41, 5.74) is 1.12. The predicted molar refractivity (Wildman–Crippen MR) is 89.0 cm³/mol. The molecule has 3 rings (SSSR count). The Morgan fingerprint density at radius 3 is 2.43 bits per heavy atom. The maximum Gasteiger partial charge on any atom is 0.127 e. The third-order valence-electron chi connectivity index (χ3n) is 3.45. The first-order valence-corrected chi connectivity index (χ1v) is 7.26. The van der Waals surface area contributed by atoms with E-state index in [0.29, 0.717) is 0 Å². The standard InChI is InChI=1S/C19H19NO/c1-15(14-20-17-10-3-2-4-11-17)21-19-13-7-9-16-8-5-6-12-18(16)19/h2-13,15,20H,14H2,1H3. The molecule has 0 spiro atoms. The lowest BCUT2D eigenvalue weighted by molar-refractivity contribution is 0.238. The van der Waals surface area contributed by atoms with Gasteiger partial charge in [0.15, 0.2) is 0 Å². The van der Waals surface area contributed by atoms with Gasteiger partial charge in [-0.2, -0.15) is 0 Å². The zero-order valence-electron chi connectivity index (χ0n) is 12.1. The average Bonchev–Trinajstić information content (AvgIpc) is 2.54. The number of rotatable bonds is 5. The summed E-state index contributed by atoms with van der Waals surface area (Å²) in [6.07, 6.45) is 0.0935. The Balaban J connectivity index is 1.67. The number of anilines is 1. The van der Waals surface area contributed by atoms with E-state index in [1.165, 1.54) is 5.39 Å². The molecule has 0 fully saturated rings. The zero-order valence-corrected chi connectivity index (χ0v) is 12.1. The highest BCUT2D eigenvalue weighted by Crippen LogP contribution is 2.26. The molecule has 0 saturated carbocycles. The minimum absolute atomic E-state index is 0.0935. The zero-order chi connectivity index (χ0) is 14.5. The average molecular weight is 277 g/mol. The van der Waals surface area contributed by atoms with Crippen molar-refractivity contribution in [1.29, 1.82) is 0 Å². The summed E-state index contributed by atoms with van der Waals surface area (Å²) >= 11 is 0. The van der Waals surface area contributed by atoms with Gasteiger partial charge in [-0.25, -0.2) is 0 Å². The number of hydrogen-bond acceptors (Lipinski definition) is 2. The molecule has 0 heterocycles. The van der Waals surface area contributed by atoms with Gasteiger partial charge in [-0.1, -0.05) is 54.6 Å². The second-order valence-electron chi connectivity index (χ2n) is 5.15. The lowest BCUT2D eigenvalue weighted by Crippen LogP contribution is -2.22. The predicted octanol–water partition coefficient (Wildman–Crippen LogP) is 4.72. The molecule has 0 bridgehead atoms. The van der Waals surface area contributed by atoms with Crippen molar-refractivity contribution in [3.8, 4) is 5.75 Å². The van der Waals surface area contributed by atoms with Gasteiger partial charge < -0.3 is 10.1 Å². The van der Waals surface area contributed by atoms with Gasteiger partial charge in [0.25, 0.3) is 0 Å². The molecular weight excluding hydrogens is 258 g/mol. The van der Waals surface area contributed by atoms with Crippen molar-refractivity contribution in [1.82, 2.24) is 0 Å². The summed E-state index contributed by atoms with van der Waals surface area (Å²) in [6, 6.07) is 24.7. The van der Waals surface area contributed by atoms with Gasteiger partial charge in [0.2, 0.25) is 0 Å². The summed E-state index contributed by atoms with van der Waals surface area (Å²) in [7, 11) is 0. The fourth-order valence-electron chi connectivity index (χ4n) is 2.37. The fourth-order valence-corrected chi connectivity index (χ4v) is 2.37. The topological polar surface area (TPSA) is 21.3 Å². The highest BCUT2D eigenvalue weighted by atomic mass is 16.5. The van der Waals surface area contributed by atoms with Gasteiger partial charge in [0.05, 0.1) is 6.54 Å². The molecule has 1 N–H and O–H groups in total. The first-order chi connectivity index (χ1) is 10.3. The monoisotopic (exact) mass is 277 g/mol. The molecule has 2 nitrogen and oxygen atoms in total. The normalized spacial score (nSPS) is 12.0. The molecule has 0 amide bonds. The number of fused-ring (bicyclic) bond motifs is 1. The van der Waals surface area contributed by atoms with E-state index in [-0.39, 0.29) is 6.10 Å². The van der Waals surface area contributed by atoms with Crippen LogP contribution >= 0.6 is 0 Å². The first kappa shape index (κ1) is 13.5. The number of para-hydroxylation sites is 1. The van der Waals surface area contributed by atoms with Crippen LogP contribution < -0.4 is 10.1 Å². The van der Waals surface area contributed by atoms with Crippen LogP contribution in [-0.2, 0) is 0 Å². The Bertz CT molecular complexity index is 704. The summed E-state index contributed by atoms with van der Waals surface area (Å²) in [4.78, 5) is 0. The molecule has 0 aliphatic heterocycles. The Kier molecular flexibility index (Phi) is 4.06. The van der Waals surface area contributed by atoms with E-state index in [1.807, 2.05) is 42.5 Å². The van der Waals surface area contributed by atoms with E-state index in [9.17, 15) is 0 Å². The van der Waals surface area contributed by atoms with Crippen LogP contribution in [0.4, 0.5) is 5.69 Å². The van der Waals surface area contributed by atoms with Gasteiger partial charge in [-0.05, 0) is 30.5 Å². The largest absolute Gasteiger partial charge is 0.488 e. The van der Waals surface area contributed by atoms with Gasteiger partial charge in [-0.3, -0.25) is 0 Å². The first-order valence-electron chi connectivity index (χ1n) is 7.26. The quantitative estimate of drug-likeness (QED) is 0.728. The maximum atomic E-state index is 6.09. The molecule has 1 unspecified atom stereocenters. The minimum Gasteiger partial charge on any atom is -0.488 e. The summed E-state index contributed by atoms with van der Waals surface area (Å²) in [5.74, 6) is 0.940. The van der Waals surface area contributed by atoms with Gasteiger partial charge in [0.1, 0.15) is 11.9 Å². The number of nitrogens with one attached hydrogen (secondary N) is 1. The summed E-state index contributed by atoms with van der Waals surface area (Å²) in [5, 5.41) is 5.75. The second kappa shape index (κ2) is 6.31. The number of hydrogen-bond donors (Lipinski definition) is 1. The van der Waals surface area contributed by atoms with Gasteiger partial charge >= 0.3 is 0 Å². The van der Waals surface area contributed by atoms with Crippen LogP contribution in [-0.4, -0.2) is 12.6 Å². The second-order valence-corrected chi connectivity index (χ2v) is 5.15. The summed E-state index contributed by atoms with van der Waals surface area (Å²) < 4.78 is 6.09. The molecule has 0 radical (unpaired) electrons. The van der Waals surface area contributed by atoms with E-state index in [0.717, 1.165) is 23.4 Å². The highest BCUT2D eigenvalue weighted by Gasteiger charge is 2.07. The van der Waals surface area contributed by atoms with Crippen molar-refractivity contribution in [3.05, 3.63) is 72.8 Å². The van der Waals surface area contributed by atoms with Crippen LogP contribution in [0.15, 0.2) is 72.8 Å². The van der Waals surface area contributed by atoms with E-state index in [1.54, 1.807) is 0 Å². The van der Waals surface area contributed by atoms with Crippen molar-refractivity contribution in [2.45, 2.75) is 13.0 Å². The van der Waals surface area contributed by atoms with Crippen molar-refractivity contribution in [2.75, 3.05) is 11.9 Å². The van der Waals surface area contributed by atoms with E-state index in [4.69, 9.17) is 4.74 Å². The SMILES string of the molecule is CC(CNc1ccccc1)Oc1cccc2ccccc12. The molecule has 0 aliphatic rings. The van der Waals surface area contributed by atoms with E-state index >= 15 is 0 Å². The molecule has 21 heavy (non-hydrogen) atoms. The van der Waals surface area contributed by atoms with Crippen LogP contribution in [0.25, 0.3) is 10.8 Å². The maximum absolute atomic E-state index is 6.09. The van der Waals surface area contributed by atoms with Gasteiger partial charge in [0, 0.05) is 11.1 Å². The molecule has 2 heteroatoms. The molecule has 0 aromatic heterocycles. The lowest BCUT2D eigenvalue weighted by Gasteiger charge is -2.17. The number of benzene rings is 3. The molecule has 0 aliphatic carbocycles. The molecular formula is C19H19NO. The van der Waals surface area contributed by atoms with Crippen molar-refractivity contribution in [2.24, 2.45) is 0 Å².